The van der Waals surface area contributed by atoms with Crippen LogP contribution in [0, 0.1) is 0 Å². The number of hydrogen-bond acceptors (Lipinski definition) is 4. The minimum Gasteiger partial charge on any atom is -0.493 e. The minimum atomic E-state index is 0.155. The Hall–Kier alpha value is -2.31. The highest BCUT2D eigenvalue weighted by atomic mass is 32.1. The largest absolute Gasteiger partial charge is 0.493 e. The lowest BCUT2D eigenvalue weighted by atomic mass is 9.86. The van der Waals surface area contributed by atoms with Gasteiger partial charge in [0.05, 0.1) is 7.11 Å². The van der Waals surface area contributed by atoms with Gasteiger partial charge < -0.3 is 25.8 Å². The first-order valence-corrected chi connectivity index (χ1v) is 10.3. The second kappa shape index (κ2) is 10.5. The van der Waals surface area contributed by atoms with Crippen LogP contribution in [0.3, 0.4) is 0 Å². The van der Waals surface area contributed by atoms with Gasteiger partial charge in [-0.2, -0.15) is 0 Å². The Morgan fingerprint density at radius 3 is 2.24 bits per heavy atom. The monoisotopic (exact) mass is 415 g/mol. The molecule has 0 amide bonds. The van der Waals surface area contributed by atoms with E-state index in [0.29, 0.717) is 36.3 Å². The molecule has 0 spiro atoms. The highest BCUT2D eigenvalue weighted by Gasteiger charge is 2.14. The van der Waals surface area contributed by atoms with Gasteiger partial charge in [0.15, 0.2) is 16.6 Å². The number of rotatable bonds is 9. The normalized spacial score (nSPS) is 11.2. The number of methoxy groups -OCH3 is 1. The molecule has 6 heteroatoms. The van der Waals surface area contributed by atoms with Crippen molar-refractivity contribution in [2.75, 3.05) is 26.8 Å². The molecule has 0 aromatic heterocycles. The lowest BCUT2D eigenvalue weighted by molar-refractivity contribution is 0.302. The third-order valence-electron chi connectivity index (χ3n) is 4.78. The smallest absolute Gasteiger partial charge is 0.166 e. The summed E-state index contributed by atoms with van der Waals surface area (Å²) in [5.41, 5.74) is 15.3. The van der Waals surface area contributed by atoms with E-state index in [1.165, 1.54) is 11.1 Å². The summed E-state index contributed by atoms with van der Waals surface area (Å²) in [6, 6.07) is 14.6. The summed E-state index contributed by atoms with van der Waals surface area (Å²) in [6.07, 6.45) is 0.872. The molecule has 0 aliphatic heterocycles. The fraction of sp³-hybridized carbons (Fsp3) is 0.435. The van der Waals surface area contributed by atoms with Gasteiger partial charge in [0.1, 0.15) is 6.61 Å². The second-order valence-corrected chi connectivity index (χ2v) is 8.50. The van der Waals surface area contributed by atoms with E-state index in [1.807, 2.05) is 23.1 Å². The number of ether oxygens (including phenoxy) is 2. The van der Waals surface area contributed by atoms with Crippen molar-refractivity contribution in [3.8, 4) is 11.5 Å². The van der Waals surface area contributed by atoms with Gasteiger partial charge in [0, 0.05) is 19.6 Å². The molecule has 0 fully saturated rings. The number of hydrogen-bond donors (Lipinski definition) is 2. The van der Waals surface area contributed by atoms with Gasteiger partial charge in [-0.05, 0) is 52.9 Å². The summed E-state index contributed by atoms with van der Waals surface area (Å²) in [5, 5.41) is 0.388. The van der Waals surface area contributed by atoms with Gasteiger partial charge in [-0.25, -0.2) is 0 Å². The highest BCUT2D eigenvalue weighted by molar-refractivity contribution is 7.80. The maximum Gasteiger partial charge on any atom is 0.166 e. The summed E-state index contributed by atoms with van der Waals surface area (Å²) in [5.74, 6) is 1.36. The number of nitrogens with zero attached hydrogens (tertiary/aromatic N) is 1. The van der Waals surface area contributed by atoms with E-state index in [-0.39, 0.29) is 5.41 Å². The van der Waals surface area contributed by atoms with Crippen molar-refractivity contribution in [3.05, 3.63) is 59.2 Å². The highest BCUT2D eigenvalue weighted by Crippen LogP contribution is 2.28. The van der Waals surface area contributed by atoms with Crippen molar-refractivity contribution >= 4 is 17.3 Å². The topological polar surface area (TPSA) is 73.7 Å². The Morgan fingerprint density at radius 2 is 1.69 bits per heavy atom. The third kappa shape index (κ3) is 6.91. The maximum atomic E-state index is 5.98. The number of thiocarbonyl (C=S) groups is 1. The molecular formula is C23H33N3O2S. The molecule has 2 aromatic carbocycles. The molecule has 0 saturated carbocycles. The van der Waals surface area contributed by atoms with Crippen LogP contribution in [0.2, 0.25) is 0 Å². The average Bonchev–Trinajstić information content (AvgIpc) is 2.69. The molecule has 0 heterocycles. The molecule has 0 radical (unpaired) electrons. The molecule has 4 N–H and O–H groups in total. The first kappa shape index (κ1) is 23.0. The Morgan fingerprint density at radius 1 is 1.03 bits per heavy atom. The van der Waals surface area contributed by atoms with Crippen LogP contribution in [-0.2, 0) is 18.4 Å². The van der Waals surface area contributed by atoms with E-state index in [4.69, 9.17) is 33.2 Å². The molecule has 0 aliphatic carbocycles. The Bertz CT molecular complexity index is 801. The van der Waals surface area contributed by atoms with Crippen molar-refractivity contribution in [1.29, 1.82) is 0 Å². The van der Waals surface area contributed by atoms with Crippen LogP contribution >= 0.6 is 12.2 Å². The van der Waals surface area contributed by atoms with Crippen LogP contribution in [0.25, 0.3) is 0 Å². The standard InChI is InChI=1S/C23H33N3O2S/c1-23(2,3)19-8-5-17(6-9-19)11-13-26(22(25)29)16-18-7-10-20(28-14-12-24)21(15-18)27-4/h5-10,15H,11-14,16,24H2,1-4H3,(H2,25,29). The summed E-state index contributed by atoms with van der Waals surface area (Å²) < 4.78 is 11.1. The molecule has 2 rings (SSSR count). The lowest BCUT2D eigenvalue weighted by Gasteiger charge is -2.24. The molecule has 2 aromatic rings. The van der Waals surface area contributed by atoms with Gasteiger partial charge in [-0.3, -0.25) is 0 Å². The third-order valence-corrected chi connectivity index (χ3v) is 5.04. The van der Waals surface area contributed by atoms with E-state index in [2.05, 4.69) is 45.0 Å². The summed E-state index contributed by atoms with van der Waals surface area (Å²) in [6.45, 7) is 8.92. The molecule has 0 unspecified atom stereocenters. The number of nitrogens with two attached hydrogens (primary N) is 2. The lowest BCUT2D eigenvalue weighted by Crippen LogP contribution is -2.36. The molecule has 0 aliphatic rings. The van der Waals surface area contributed by atoms with Crippen molar-refractivity contribution < 1.29 is 9.47 Å². The molecule has 0 atom stereocenters. The van der Waals surface area contributed by atoms with Gasteiger partial charge in [0.25, 0.3) is 0 Å². The zero-order valence-electron chi connectivity index (χ0n) is 17.9. The van der Waals surface area contributed by atoms with E-state index >= 15 is 0 Å². The van der Waals surface area contributed by atoms with Crippen LogP contribution in [-0.4, -0.2) is 36.8 Å². The predicted octanol–water partition coefficient (Wildman–Crippen LogP) is 3.62. The van der Waals surface area contributed by atoms with E-state index in [9.17, 15) is 0 Å². The fourth-order valence-electron chi connectivity index (χ4n) is 3.02. The van der Waals surface area contributed by atoms with Gasteiger partial charge in [0.2, 0.25) is 0 Å². The Kier molecular flexibility index (Phi) is 8.29. The van der Waals surface area contributed by atoms with E-state index in [0.717, 1.165) is 18.5 Å². The Labute approximate surface area is 180 Å². The zero-order valence-corrected chi connectivity index (χ0v) is 18.7. The predicted molar refractivity (Wildman–Crippen MR) is 124 cm³/mol. The first-order chi connectivity index (χ1) is 13.7. The minimum absolute atomic E-state index is 0.155. The van der Waals surface area contributed by atoms with E-state index in [1.54, 1.807) is 7.11 Å². The molecule has 0 saturated heterocycles. The molecule has 158 valence electrons. The first-order valence-electron chi connectivity index (χ1n) is 9.88. The van der Waals surface area contributed by atoms with Gasteiger partial charge >= 0.3 is 0 Å². The quantitative estimate of drug-likeness (QED) is 0.610. The average molecular weight is 416 g/mol. The van der Waals surface area contributed by atoms with Gasteiger partial charge in [-0.1, -0.05) is 51.1 Å². The Balaban J connectivity index is 2.04. The van der Waals surface area contributed by atoms with Crippen molar-refractivity contribution in [1.82, 2.24) is 4.90 Å². The molecule has 5 nitrogen and oxygen atoms in total. The molecule has 0 bridgehead atoms. The van der Waals surface area contributed by atoms with Crippen LogP contribution in [0.4, 0.5) is 0 Å². The van der Waals surface area contributed by atoms with Crippen molar-refractivity contribution in [2.24, 2.45) is 11.5 Å². The second-order valence-electron chi connectivity index (χ2n) is 8.08. The fourth-order valence-corrected chi connectivity index (χ4v) is 3.18. The van der Waals surface area contributed by atoms with E-state index < -0.39 is 0 Å². The van der Waals surface area contributed by atoms with Crippen molar-refractivity contribution in [3.63, 3.8) is 0 Å². The maximum absolute atomic E-state index is 5.98. The van der Waals surface area contributed by atoms with Crippen LogP contribution < -0.4 is 20.9 Å². The zero-order chi connectivity index (χ0) is 21.4. The number of benzene rings is 2. The van der Waals surface area contributed by atoms with Crippen molar-refractivity contribution in [2.45, 2.75) is 39.2 Å². The SMILES string of the molecule is COc1cc(CN(CCc2ccc(C(C)(C)C)cc2)C(N)=S)ccc1OCCN. The van der Waals surface area contributed by atoms with Crippen LogP contribution in [0.5, 0.6) is 11.5 Å². The summed E-state index contributed by atoms with van der Waals surface area (Å²) in [4.78, 5) is 2.00. The van der Waals surface area contributed by atoms with Crippen LogP contribution in [0.15, 0.2) is 42.5 Å². The molecule has 29 heavy (non-hydrogen) atoms. The van der Waals surface area contributed by atoms with Crippen LogP contribution in [0.1, 0.15) is 37.5 Å². The summed E-state index contributed by atoms with van der Waals surface area (Å²) in [7, 11) is 1.63. The molecular weight excluding hydrogens is 382 g/mol. The summed E-state index contributed by atoms with van der Waals surface area (Å²) >= 11 is 5.28. The van der Waals surface area contributed by atoms with Gasteiger partial charge in [-0.15, -0.1) is 0 Å².